The number of esters is 1. The van der Waals surface area contributed by atoms with E-state index in [1.54, 1.807) is 42.5 Å². The van der Waals surface area contributed by atoms with E-state index in [1.807, 2.05) is 19.1 Å². The fourth-order valence-electron chi connectivity index (χ4n) is 2.33. The maximum Gasteiger partial charge on any atom is 0.349 e. The van der Waals surface area contributed by atoms with Crippen LogP contribution in [0.5, 0.6) is 0 Å². The number of carbonyl (C=O) groups is 3. The van der Waals surface area contributed by atoms with Gasteiger partial charge in [0, 0.05) is 18.3 Å². The molecular formula is C22H21N3O4. The standard InChI is InChI=1S/C22H21N3O4/c1-14-4-6-17(7-5-14)12-18(13-23)22(28)29-15(2)21(27)25-20-10-8-19(9-11-20)24-16(3)26/h4-12,15H,1-3H3,(H,24,26)(H,25,27)/b18-12+/t15-/m0/s1. The van der Waals surface area contributed by atoms with Crippen LogP contribution in [0.15, 0.2) is 54.1 Å². The molecule has 2 amide bonds. The number of anilines is 2. The molecule has 29 heavy (non-hydrogen) atoms. The van der Waals surface area contributed by atoms with E-state index in [4.69, 9.17) is 4.74 Å². The van der Waals surface area contributed by atoms with Gasteiger partial charge < -0.3 is 15.4 Å². The molecule has 0 saturated carbocycles. The van der Waals surface area contributed by atoms with Gasteiger partial charge in [0.05, 0.1) is 0 Å². The second kappa shape index (κ2) is 9.85. The average Bonchev–Trinajstić information content (AvgIpc) is 2.68. The number of ether oxygens (including phenoxy) is 1. The van der Waals surface area contributed by atoms with E-state index in [0.29, 0.717) is 16.9 Å². The largest absolute Gasteiger partial charge is 0.448 e. The van der Waals surface area contributed by atoms with E-state index in [2.05, 4.69) is 10.6 Å². The maximum absolute atomic E-state index is 12.3. The summed E-state index contributed by atoms with van der Waals surface area (Å²) in [4.78, 5) is 35.5. The maximum atomic E-state index is 12.3. The fourth-order valence-corrected chi connectivity index (χ4v) is 2.33. The zero-order chi connectivity index (χ0) is 21.4. The molecule has 2 N–H and O–H groups in total. The van der Waals surface area contributed by atoms with Crippen molar-refractivity contribution in [3.8, 4) is 6.07 Å². The van der Waals surface area contributed by atoms with E-state index >= 15 is 0 Å². The van der Waals surface area contributed by atoms with Gasteiger partial charge in [0.15, 0.2) is 6.10 Å². The molecule has 0 radical (unpaired) electrons. The number of aryl methyl sites for hydroxylation is 1. The molecule has 0 aliphatic carbocycles. The third-order valence-corrected chi connectivity index (χ3v) is 3.85. The Hall–Kier alpha value is -3.92. The van der Waals surface area contributed by atoms with Crippen molar-refractivity contribution in [2.45, 2.75) is 26.9 Å². The molecule has 0 bridgehead atoms. The molecular weight excluding hydrogens is 370 g/mol. The third-order valence-electron chi connectivity index (χ3n) is 3.85. The second-order valence-corrected chi connectivity index (χ2v) is 6.38. The fraction of sp³-hybridized carbons (Fsp3) is 0.182. The van der Waals surface area contributed by atoms with Crippen LogP contribution in [0, 0.1) is 18.3 Å². The first-order valence-corrected chi connectivity index (χ1v) is 8.86. The number of nitriles is 1. The smallest absolute Gasteiger partial charge is 0.349 e. The van der Waals surface area contributed by atoms with Crippen molar-refractivity contribution in [2.24, 2.45) is 0 Å². The summed E-state index contributed by atoms with van der Waals surface area (Å²) in [6, 6.07) is 15.6. The van der Waals surface area contributed by atoms with Gasteiger partial charge in [-0.05, 0) is 49.8 Å². The van der Waals surface area contributed by atoms with E-state index in [9.17, 15) is 19.6 Å². The van der Waals surface area contributed by atoms with Crippen molar-refractivity contribution in [1.82, 2.24) is 0 Å². The summed E-state index contributed by atoms with van der Waals surface area (Å²) in [6.07, 6.45) is 0.306. The van der Waals surface area contributed by atoms with Crippen molar-refractivity contribution < 1.29 is 19.1 Å². The van der Waals surface area contributed by atoms with Gasteiger partial charge >= 0.3 is 5.97 Å². The highest BCUT2D eigenvalue weighted by Crippen LogP contribution is 2.15. The van der Waals surface area contributed by atoms with Crippen molar-refractivity contribution in [3.05, 3.63) is 65.2 Å². The van der Waals surface area contributed by atoms with Crippen molar-refractivity contribution >= 4 is 35.2 Å². The van der Waals surface area contributed by atoms with Crippen molar-refractivity contribution in [3.63, 3.8) is 0 Å². The Bertz CT molecular complexity index is 971. The molecule has 7 nitrogen and oxygen atoms in total. The van der Waals surface area contributed by atoms with Crippen LogP contribution in [0.3, 0.4) is 0 Å². The Balaban J connectivity index is 1.98. The highest BCUT2D eigenvalue weighted by Gasteiger charge is 2.20. The van der Waals surface area contributed by atoms with Crippen LogP contribution < -0.4 is 10.6 Å². The second-order valence-electron chi connectivity index (χ2n) is 6.38. The monoisotopic (exact) mass is 391 g/mol. The number of benzene rings is 2. The topological polar surface area (TPSA) is 108 Å². The molecule has 0 aliphatic heterocycles. The van der Waals surface area contributed by atoms with Crippen molar-refractivity contribution in [1.29, 1.82) is 5.26 Å². The summed E-state index contributed by atoms with van der Waals surface area (Å²) >= 11 is 0. The van der Waals surface area contributed by atoms with Gasteiger partial charge in [-0.25, -0.2) is 4.79 Å². The zero-order valence-electron chi connectivity index (χ0n) is 16.4. The van der Waals surface area contributed by atoms with Crippen LogP contribution >= 0.6 is 0 Å². The van der Waals surface area contributed by atoms with Gasteiger partial charge in [0.2, 0.25) is 5.91 Å². The molecule has 148 valence electrons. The van der Waals surface area contributed by atoms with E-state index < -0.39 is 18.0 Å². The van der Waals surface area contributed by atoms with E-state index in [-0.39, 0.29) is 11.5 Å². The Kier molecular flexibility index (Phi) is 7.26. The van der Waals surface area contributed by atoms with Gasteiger partial charge in [-0.3, -0.25) is 9.59 Å². The number of amides is 2. The van der Waals surface area contributed by atoms with E-state index in [1.165, 1.54) is 19.9 Å². The molecule has 0 heterocycles. The first kappa shape index (κ1) is 21.4. The summed E-state index contributed by atoms with van der Waals surface area (Å²) in [7, 11) is 0. The molecule has 0 spiro atoms. The Labute approximate surface area is 169 Å². The van der Waals surface area contributed by atoms with Gasteiger partial charge in [0.1, 0.15) is 11.6 Å². The van der Waals surface area contributed by atoms with Gasteiger partial charge in [0.25, 0.3) is 5.91 Å². The SMILES string of the molecule is CC(=O)Nc1ccc(NC(=O)[C@H](C)OC(=O)/C(C#N)=C/c2ccc(C)cc2)cc1. The van der Waals surface area contributed by atoms with Gasteiger partial charge in [-0.1, -0.05) is 29.8 Å². The molecule has 2 rings (SSSR count). The third kappa shape index (κ3) is 6.63. The van der Waals surface area contributed by atoms with Gasteiger partial charge in [-0.15, -0.1) is 0 Å². The molecule has 1 atom stereocenters. The van der Waals surface area contributed by atoms with Gasteiger partial charge in [-0.2, -0.15) is 5.26 Å². The average molecular weight is 391 g/mol. The lowest BCUT2D eigenvalue weighted by atomic mass is 10.1. The highest BCUT2D eigenvalue weighted by atomic mass is 16.5. The van der Waals surface area contributed by atoms with Crippen LogP contribution in [0.1, 0.15) is 25.0 Å². The first-order chi connectivity index (χ1) is 13.8. The van der Waals surface area contributed by atoms with Crippen LogP contribution in [0.2, 0.25) is 0 Å². The molecule has 7 heteroatoms. The summed E-state index contributed by atoms with van der Waals surface area (Å²) in [6.45, 7) is 4.74. The lowest BCUT2D eigenvalue weighted by Gasteiger charge is -2.13. The lowest BCUT2D eigenvalue weighted by molar-refractivity contribution is -0.148. The number of hydrogen-bond acceptors (Lipinski definition) is 5. The number of rotatable bonds is 6. The number of nitrogens with zero attached hydrogens (tertiary/aromatic N) is 1. The summed E-state index contributed by atoms with van der Waals surface area (Å²) in [5.74, 6) is -1.62. The molecule has 0 unspecified atom stereocenters. The van der Waals surface area contributed by atoms with Crippen LogP contribution in [-0.4, -0.2) is 23.9 Å². The molecule has 2 aromatic rings. The zero-order valence-corrected chi connectivity index (χ0v) is 16.4. The Morgan fingerprint density at radius 3 is 2.07 bits per heavy atom. The molecule has 2 aromatic carbocycles. The highest BCUT2D eigenvalue weighted by molar-refractivity contribution is 6.01. The molecule has 0 aliphatic rings. The minimum absolute atomic E-state index is 0.200. The Morgan fingerprint density at radius 2 is 1.55 bits per heavy atom. The lowest BCUT2D eigenvalue weighted by Crippen LogP contribution is -2.30. The minimum atomic E-state index is -1.10. The van der Waals surface area contributed by atoms with Crippen LogP contribution in [0.25, 0.3) is 6.08 Å². The Morgan fingerprint density at radius 1 is 1.00 bits per heavy atom. The van der Waals surface area contributed by atoms with E-state index in [0.717, 1.165) is 5.56 Å². The molecule has 0 aromatic heterocycles. The summed E-state index contributed by atoms with van der Waals surface area (Å²) in [5, 5.41) is 14.5. The van der Waals surface area contributed by atoms with Crippen LogP contribution in [0.4, 0.5) is 11.4 Å². The normalized spacial score (nSPS) is 11.7. The number of nitrogens with one attached hydrogen (secondary N) is 2. The molecule has 0 fully saturated rings. The summed E-state index contributed by atoms with van der Waals surface area (Å²) < 4.78 is 5.11. The predicted octanol–water partition coefficient (Wildman–Crippen LogP) is 3.43. The van der Waals surface area contributed by atoms with Crippen molar-refractivity contribution in [2.75, 3.05) is 10.6 Å². The quantitative estimate of drug-likeness (QED) is 0.445. The molecule has 0 saturated heterocycles. The minimum Gasteiger partial charge on any atom is -0.448 e. The first-order valence-electron chi connectivity index (χ1n) is 8.86. The summed E-state index contributed by atoms with van der Waals surface area (Å²) in [5.41, 5.74) is 2.60. The predicted molar refractivity (Wildman–Crippen MR) is 110 cm³/mol. The number of carbonyl (C=O) groups excluding carboxylic acids is 3. The number of hydrogen-bond donors (Lipinski definition) is 2. The van der Waals surface area contributed by atoms with Crippen LogP contribution in [-0.2, 0) is 19.1 Å².